The lowest BCUT2D eigenvalue weighted by Crippen LogP contribution is -2.52. The van der Waals surface area contributed by atoms with Crippen molar-refractivity contribution in [3.63, 3.8) is 0 Å². The van der Waals surface area contributed by atoms with Crippen molar-refractivity contribution in [2.45, 2.75) is 58.0 Å². The van der Waals surface area contributed by atoms with Crippen LogP contribution in [0.3, 0.4) is 0 Å². The van der Waals surface area contributed by atoms with Gasteiger partial charge in [0.05, 0.1) is 11.5 Å². The van der Waals surface area contributed by atoms with Crippen LogP contribution < -0.4 is 0 Å². The molecule has 0 heterocycles. The van der Waals surface area contributed by atoms with Crippen molar-refractivity contribution in [2.75, 3.05) is 0 Å². The minimum atomic E-state index is -0.713. The Morgan fingerprint density at radius 3 is 2.88 bits per heavy atom. The molecule has 2 aliphatic rings. The molecule has 0 unspecified atom stereocenters. The van der Waals surface area contributed by atoms with E-state index in [9.17, 15) is 15.0 Å². The van der Waals surface area contributed by atoms with Crippen LogP contribution in [0.5, 0.6) is 0 Å². The molecule has 0 aromatic heterocycles. The van der Waals surface area contributed by atoms with Gasteiger partial charge in [0, 0.05) is 5.41 Å². The molecule has 2 aliphatic carbocycles. The fourth-order valence-corrected chi connectivity index (χ4v) is 3.92. The van der Waals surface area contributed by atoms with Gasteiger partial charge in [-0.1, -0.05) is 38.3 Å². The average Bonchev–Trinajstić information content (AvgIpc) is 2.69. The number of unbranched alkanes of at least 4 members (excludes halogenated alkanes) is 1. The van der Waals surface area contributed by atoms with Gasteiger partial charge in [-0.3, -0.25) is 4.79 Å². The highest BCUT2D eigenvalue weighted by Gasteiger charge is 2.62. The van der Waals surface area contributed by atoms with Gasteiger partial charge in [0.15, 0.2) is 0 Å². The van der Waals surface area contributed by atoms with Crippen molar-refractivity contribution in [3.8, 4) is 0 Å². The molecule has 0 amide bonds. The van der Waals surface area contributed by atoms with Gasteiger partial charge in [-0.15, -0.1) is 0 Å². The van der Waals surface area contributed by atoms with Crippen molar-refractivity contribution in [1.29, 1.82) is 0 Å². The van der Waals surface area contributed by atoms with Crippen LogP contribution in [0, 0.1) is 10.8 Å². The zero-order valence-corrected chi connectivity index (χ0v) is 10.5. The van der Waals surface area contributed by atoms with Crippen LogP contribution in [0.2, 0.25) is 0 Å². The summed E-state index contributed by atoms with van der Waals surface area (Å²) in [4.78, 5) is 11.7. The van der Waals surface area contributed by atoms with Crippen molar-refractivity contribution in [1.82, 2.24) is 0 Å². The number of carboxylic acids is 1. The maximum absolute atomic E-state index is 11.7. The summed E-state index contributed by atoms with van der Waals surface area (Å²) < 4.78 is 0. The first-order chi connectivity index (χ1) is 8.09. The van der Waals surface area contributed by atoms with Crippen molar-refractivity contribution < 1.29 is 15.0 Å². The molecule has 0 spiro atoms. The Morgan fingerprint density at radius 1 is 1.47 bits per heavy atom. The van der Waals surface area contributed by atoms with Gasteiger partial charge >= 0.3 is 5.97 Å². The highest BCUT2D eigenvalue weighted by Crippen LogP contribution is 2.61. The predicted octanol–water partition coefficient (Wildman–Crippen LogP) is 2.74. The van der Waals surface area contributed by atoms with Crippen molar-refractivity contribution in [2.24, 2.45) is 10.8 Å². The normalized spacial score (nSPS) is 40.2. The Kier molecular flexibility index (Phi) is 3.30. The van der Waals surface area contributed by atoms with Crippen LogP contribution in [0.1, 0.15) is 51.9 Å². The molecule has 96 valence electrons. The molecule has 3 heteroatoms. The summed E-state index contributed by atoms with van der Waals surface area (Å²) in [6.07, 6.45) is 9.04. The van der Waals surface area contributed by atoms with E-state index in [2.05, 4.69) is 6.92 Å². The number of hydrogen-bond acceptors (Lipinski definition) is 2. The number of aliphatic hydroxyl groups excluding tert-OH is 1. The summed E-state index contributed by atoms with van der Waals surface area (Å²) in [6, 6.07) is 0. The first-order valence-corrected chi connectivity index (χ1v) is 6.67. The predicted molar refractivity (Wildman–Crippen MR) is 65.6 cm³/mol. The average molecular weight is 238 g/mol. The molecular formula is C14H22O3. The molecule has 1 saturated carbocycles. The molecule has 0 radical (unpaired) electrons. The molecule has 0 bridgehead atoms. The molecule has 3 atom stereocenters. The van der Waals surface area contributed by atoms with Gasteiger partial charge in [-0.2, -0.15) is 0 Å². The number of hydrogen-bond donors (Lipinski definition) is 2. The van der Waals surface area contributed by atoms with Gasteiger partial charge in [-0.25, -0.2) is 0 Å². The minimum Gasteiger partial charge on any atom is -0.481 e. The van der Waals surface area contributed by atoms with Gasteiger partial charge in [-0.05, 0) is 25.7 Å². The number of carboxylic acid groups (broad SMARTS) is 1. The van der Waals surface area contributed by atoms with E-state index in [0.717, 1.165) is 32.1 Å². The third-order valence-corrected chi connectivity index (χ3v) is 4.92. The summed E-state index contributed by atoms with van der Waals surface area (Å²) in [7, 11) is 0. The zero-order valence-electron chi connectivity index (χ0n) is 10.5. The number of aliphatic hydroxyl groups is 1. The van der Waals surface area contributed by atoms with Crippen LogP contribution in [0.15, 0.2) is 12.2 Å². The molecule has 0 aromatic rings. The van der Waals surface area contributed by atoms with Crippen molar-refractivity contribution >= 4 is 5.97 Å². The quantitative estimate of drug-likeness (QED) is 0.740. The first-order valence-electron chi connectivity index (χ1n) is 6.67. The number of rotatable bonds is 4. The first kappa shape index (κ1) is 12.6. The fourth-order valence-electron chi connectivity index (χ4n) is 3.92. The van der Waals surface area contributed by atoms with E-state index in [1.54, 1.807) is 0 Å². The van der Waals surface area contributed by atoms with E-state index in [1.165, 1.54) is 0 Å². The monoisotopic (exact) mass is 238 g/mol. The van der Waals surface area contributed by atoms with Gasteiger partial charge in [0.1, 0.15) is 0 Å². The second-order valence-electron chi connectivity index (χ2n) is 5.58. The number of allylic oxidation sites excluding steroid dienone is 1. The lowest BCUT2D eigenvalue weighted by Gasteiger charge is -2.47. The van der Waals surface area contributed by atoms with E-state index in [1.807, 2.05) is 12.2 Å². The highest BCUT2D eigenvalue weighted by atomic mass is 16.4. The molecule has 2 rings (SSSR count). The maximum atomic E-state index is 11.7. The summed E-state index contributed by atoms with van der Waals surface area (Å²) in [5, 5.41) is 20.0. The molecule has 0 saturated heterocycles. The maximum Gasteiger partial charge on any atom is 0.310 e. The molecule has 0 aromatic carbocycles. The Morgan fingerprint density at radius 2 is 2.24 bits per heavy atom. The van der Waals surface area contributed by atoms with Crippen LogP contribution in [0.4, 0.5) is 0 Å². The second kappa shape index (κ2) is 4.45. The third-order valence-electron chi connectivity index (χ3n) is 4.92. The van der Waals surface area contributed by atoms with E-state index in [4.69, 9.17) is 0 Å². The Hall–Kier alpha value is -0.830. The molecule has 1 fully saturated rings. The van der Waals surface area contributed by atoms with E-state index in [0.29, 0.717) is 12.8 Å². The Bertz CT molecular complexity index is 336. The Labute approximate surface area is 103 Å². The number of aliphatic carboxylic acids is 1. The molecule has 0 aliphatic heterocycles. The summed E-state index contributed by atoms with van der Waals surface area (Å²) in [5.41, 5.74) is -1.13. The third kappa shape index (κ3) is 1.63. The van der Waals surface area contributed by atoms with Crippen LogP contribution in [-0.2, 0) is 4.79 Å². The van der Waals surface area contributed by atoms with E-state index in [-0.39, 0.29) is 0 Å². The molecular weight excluding hydrogens is 216 g/mol. The van der Waals surface area contributed by atoms with Crippen LogP contribution >= 0.6 is 0 Å². The zero-order chi connectivity index (χ0) is 12.5. The smallest absolute Gasteiger partial charge is 0.310 e. The van der Waals surface area contributed by atoms with E-state index >= 15 is 0 Å². The van der Waals surface area contributed by atoms with Crippen molar-refractivity contribution in [3.05, 3.63) is 12.2 Å². The van der Waals surface area contributed by atoms with Crippen LogP contribution in [-0.4, -0.2) is 22.3 Å². The molecule has 2 N–H and O–H groups in total. The lowest BCUT2D eigenvalue weighted by molar-refractivity contribution is -0.163. The highest BCUT2D eigenvalue weighted by molar-refractivity contribution is 5.77. The topological polar surface area (TPSA) is 57.5 Å². The second-order valence-corrected chi connectivity index (χ2v) is 5.58. The SMILES string of the molecule is CCCC[C@]12CCC[C@]1(C(=O)O)CC=C[C@H]2O. The van der Waals surface area contributed by atoms with Crippen LogP contribution in [0.25, 0.3) is 0 Å². The fraction of sp³-hybridized carbons (Fsp3) is 0.786. The largest absolute Gasteiger partial charge is 0.481 e. The summed E-state index contributed by atoms with van der Waals surface area (Å²) in [5.74, 6) is -0.713. The summed E-state index contributed by atoms with van der Waals surface area (Å²) in [6.45, 7) is 2.11. The summed E-state index contributed by atoms with van der Waals surface area (Å²) >= 11 is 0. The Balaban J connectivity index is 2.39. The van der Waals surface area contributed by atoms with Gasteiger partial charge in [0.25, 0.3) is 0 Å². The minimum absolute atomic E-state index is 0.413. The van der Waals surface area contributed by atoms with E-state index < -0.39 is 22.9 Å². The number of fused-ring (bicyclic) bond motifs is 1. The molecule has 3 nitrogen and oxygen atoms in total. The van der Waals surface area contributed by atoms with Gasteiger partial charge in [0.2, 0.25) is 0 Å². The standard InChI is InChI=1S/C14H22O3/c1-2-3-7-13-9-5-10-14(13,12(16)17)8-4-6-11(13)15/h4,6,11,15H,2-3,5,7-10H2,1H3,(H,16,17)/t11-,13-,14+/m1/s1. The molecule has 17 heavy (non-hydrogen) atoms. The number of carbonyl (C=O) groups is 1. The lowest BCUT2D eigenvalue weighted by atomic mass is 9.56. The van der Waals surface area contributed by atoms with Gasteiger partial charge < -0.3 is 10.2 Å².